The summed E-state index contributed by atoms with van der Waals surface area (Å²) in [4.78, 5) is 18.0. The van der Waals surface area contributed by atoms with Gasteiger partial charge in [-0.25, -0.2) is 13.8 Å². The van der Waals surface area contributed by atoms with Gasteiger partial charge in [-0.1, -0.05) is 6.07 Å². The zero-order valence-corrected chi connectivity index (χ0v) is 12.5. The Labute approximate surface area is 136 Å². The summed E-state index contributed by atoms with van der Waals surface area (Å²) >= 11 is 0. The maximum Gasteiger partial charge on any atom is 0.273 e. The average Bonchev–Trinajstić information content (AvgIpc) is 2.98. The van der Waals surface area contributed by atoms with Gasteiger partial charge in [0.25, 0.3) is 5.91 Å². The van der Waals surface area contributed by atoms with Gasteiger partial charge in [0.05, 0.1) is 17.7 Å². The molecule has 1 aromatic heterocycles. The summed E-state index contributed by atoms with van der Waals surface area (Å²) in [6.45, 7) is 0.0736. The van der Waals surface area contributed by atoms with Gasteiger partial charge < -0.3 is 10.0 Å². The second-order valence-electron chi connectivity index (χ2n) is 5.58. The van der Waals surface area contributed by atoms with E-state index in [1.54, 1.807) is 0 Å². The molecule has 2 aromatic rings. The smallest absolute Gasteiger partial charge is 0.273 e. The van der Waals surface area contributed by atoms with Crippen molar-refractivity contribution in [1.82, 2.24) is 9.88 Å². The fourth-order valence-electron chi connectivity index (χ4n) is 2.81. The fraction of sp³-hybridized carbons (Fsp3) is 0.235. The van der Waals surface area contributed by atoms with Gasteiger partial charge >= 0.3 is 0 Å². The molecular formula is C17H13F2N3O2. The van der Waals surface area contributed by atoms with Crippen molar-refractivity contribution in [2.45, 2.75) is 18.6 Å². The van der Waals surface area contributed by atoms with E-state index in [0.717, 1.165) is 12.1 Å². The molecular weight excluding hydrogens is 316 g/mol. The van der Waals surface area contributed by atoms with Crippen LogP contribution in [0, 0.1) is 23.0 Å². The number of hydrogen-bond donors (Lipinski definition) is 1. The first-order valence-corrected chi connectivity index (χ1v) is 7.29. The van der Waals surface area contributed by atoms with E-state index in [1.807, 2.05) is 6.07 Å². The number of carbonyl (C=O) groups is 1. The third kappa shape index (κ3) is 2.96. The molecule has 1 N–H and O–H groups in total. The van der Waals surface area contributed by atoms with E-state index < -0.39 is 29.7 Å². The van der Waals surface area contributed by atoms with Crippen molar-refractivity contribution in [2.75, 3.05) is 6.54 Å². The summed E-state index contributed by atoms with van der Waals surface area (Å²) in [6, 6.07) is 7.66. The number of halogens is 2. The van der Waals surface area contributed by atoms with Gasteiger partial charge in [-0.05, 0) is 36.2 Å². The van der Waals surface area contributed by atoms with Crippen LogP contribution < -0.4 is 0 Å². The summed E-state index contributed by atoms with van der Waals surface area (Å²) in [6.07, 6.45) is 0.754. The monoisotopic (exact) mass is 329 g/mol. The summed E-state index contributed by atoms with van der Waals surface area (Å²) < 4.78 is 26.6. The van der Waals surface area contributed by atoms with Gasteiger partial charge in [0.1, 0.15) is 11.8 Å². The van der Waals surface area contributed by atoms with Crippen LogP contribution in [0.5, 0.6) is 0 Å². The van der Waals surface area contributed by atoms with Crippen LogP contribution in [0.1, 0.15) is 34.1 Å². The van der Waals surface area contributed by atoms with Gasteiger partial charge in [-0.3, -0.25) is 4.79 Å². The number of β-amino-alcohol motifs (C(OH)–C–C–N with tert-alkyl or cyclic N) is 1. The highest BCUT2D eigenvalue weighted by molar-refractivity contribution is 5.93. The maximum absolute atomic E-state index is 13.5. The summed E-state index contributed by atoms with van der Waals surface area (Å²) in [7, 11) is 0. The van der Waals surface area contributed by atoms with Crippen LogP contribution in [0.4, 0.5) is 8.78 Å². The third-order valence-electron chi connectivity index (χ3n) is 3.98. The number of nitriles is 1. The standard InChI is InChI=1S/C17H13F2N3O2/c18-13-3-2-11(5-14(13)19)16-6-12(23)9-22(16)17(24)15-4-1-10(7-20)8-21-15/h1-5,8,12,16,23H,6,9H2. The predicted molar refractivity (Wildman–Crippen MR) is 79.7 cm³/mol. The molecule has 3 rings (SSSR count). The molecule has 5 nitrogen and oxygen atoms in total. The molecule has 1 amide bonds. The highest BCUT2D eigenvalue weighted by Crippen LogP contribution is 2.33. The molecule has 7 heteroatoms. The molecule has 122 valence electrons. The maximum atomic E-state index is 13.5. The number of aliphatic hydroxyl groups is 1. The average molecular weight is 329 g/mol. The van der Waals surface area contributed by atoms with E-state index >= 15 is 0 Å². The number of rotatable bonds is 2. The zero-order chi connectivity index (χ0) is 17.3. The van der Waals surface area contributed by atoms with Crippen LogP contribution >= 0.6 is 0 Å². The number of amides is 1. The molecule has 2 unspecified atom stereocenters. The molecule has 0 spiro atoms. The Hall–Kier alpha value is -2.85. The van der Waals surface area contributed by atoms with Crippen molar-refractivity contribution in [3.8, 4) is 6.07 Å². The number of carbonyl (C=O) groups excluding carboxylic acids is 1. The number of pyridine rings is 1. The lowest BCUT2D eigenvalue weighted by molar-refractivity contribution is 0.0709. The highest BCUT2D eigenvalue weighted by atomic mass is 19.2. The van der Waals surface area contributed by atoms with Crippen LogP contribution in [-0.4, -0.2) is 33.5 Å². The molecule has 24 heavy (non-hydrogen) atoms. The van der Waals surface area contributed by atoms with Crippen molar-refractivity contribution < 1.29 is 18.7 Å². The Morgan fingerprint density at radius 1 is 1.29 bits per heavy atom. The van der Waals surface area contributed by atoms with Crippen LogP contribution in [-0.2, 0) is 0 Å². The molecule has 1 saturated heterocycles. The van der Waals surface area contributed by atoms with Crippen LogP contribution in [0.25, 0.3) is 0 Å². The van der Waals surface area contributed by atoms with Gasteiger partial charge in [0.2, 0.25) is 0 Å². The number of aromatic nitrogens is 1. The minimum atomic E-state index is -1.00. The Morgan fingerprint density at radius 3 is 2.71 bits per heavy atom. The van der Waals surface area contributed by atoms with Gasteiger partial charge in [0.15, 0.2) is 11.6 Å². The third-order valence-corrected chi connectivity index (χ3v) is 3.98. The SMILES string of the molecule is N#Cc1ccc(C(=O)N2CC(O)CC2c2ccc(F)c(F)c2)nc1. The van der Waals surface area contributed by atoms with Crippen LogP contribution in [0.2, 0.25) is 0 Å². The first-order valence-electron chi connectivity index (χ1n) is 7.29. The van der Waals surface area contributed by atoms with Gasteiger partial charge in [0, 0.05) is 12.7 Å². The van der Waals surface area contributed by atoms with Crippen LogP contribution in [0.15, 0.2) is 36.5 Å². The molecule has 1 fully saturated rings. The normalized spacial score (nSPS) is 20.0. The zero-order valence-electron chi connectivity index (χ0n) is 12.5. The molecule has 2 heterocycles. The Balaban J connectivity index is 1.90. The van der Waals surface area contributed by atoms with E-state index in [4.69, 9.17) is 5.26 Å². The van der Waals surface area contributed by atoms with Crippen molar-refractivity contribution in [3.05, 3.63) is 65.0 Å². The first kappa shape index (κ1) is 16.0. The molecule has 0 aliphatic carbocycles. The topological polar surface area (TPSA) is 77.2 Å². The Kier molecular flexibility index (Phi) is 4.23. The van der Waals surface area contributed by atoms with Crippen molar-refractivity contribution in [1.29, 1.82) is 5.26 Å². The summed E-state index contributed by atoms with van der Waals surface area (Å²) in [5.41, 5.74) is 0.855. The second kappa shape index (κ2) is 6.34. The lowest BCUT2D eigenvalue weighted by Gasteiger charge is -2.24. The second-order valence-corrected chi connectivity index (χ2v) is 5.58. The van der Waals surface area contributed by atoms with Gasteiger partial charge in [-0.2, -0.15) is 5.26 Å². The predicted octanol–water partition coefficient (Wildman–Crippen LogP) is 2.18. The van der Waals surface area contributed by atoms with E-state index in [2.05, 4.69) is 4.98 Å². The molecule has 0 bridgehead atoms. The molecule has 0 saturated carbocycles. The van der Waals surface area contributed by atoms with Gasteiger partial charge in [-0.15, -0.1) is 0 Å². The molecule has 0 radical (unpaired) electrons. The highest BCUT2D eigenvalue weighted by Gasteiger charge is 2.36. The molecule has 1 aliphatic heterocycles. The molecule has 1 aliphatic rings. The first-order chi connectivity index (χ1) is 11.5. The Morgan fingerprint density at radius 2 is 2.08 bits per heavy atom. The molecule has 1 aromatic carbocycles. The quantitative estimate of drug-likeness (QED) is 0.916. The summed E-state index contributed by atoms with van der Waals surface area (Å²) in [5.74, 6) is -2.41. The number of likely N-dealkylation sites (tertiary alicyclic amines) is 1. The number of benzene rings is 1. The largest absolute Gasteiger partial charge is 0.391 e. The Bertz CT molecular complexity index is 818. The lowest BCUT2D eigenvalue weighted by atomic mass is 10.0. The van der Waals surface area contributed by atoms with Crippen molar-refractivity contribution >= 4 is 5.91 Å². The minimum absolute atomic E-state index is 0.0736. The minimum Gasteiger partial charge on any atom is -0.391 e. The van der Waals surface area contributed by atoms with E-state index in [9.17, 15) is 18.7 Å². The fourth-order valence-corrected chi connectivity index (χ4v) is 2.81. The number of aliphatic hydroxyl groups excluding tert-OH is 1. The van der Waals surface area contributed by atoms with Crippen LogP contribution in [0.3, 0.4) is 0 Å². The van der Waals surface area contributed by atoms with E-state index in [1.165, 1.54) is 29.3 Å². The number of nitrogens with zero attached hydrogens (tertiary/aromatic N) is 3. The summed E-state index contributed by atoms with van der Waals surface area (Å²) in [5, 5.41) is 18.7. The van der Waals surface area contributed by atoms with E-state index in [-0.39, 0.29) is 18.7 Å². The van der Waals surface area contributed by atoms with E-state index in [0.29, 0.717) is 11.1 Å². The molecule has 2 atom stereocenters. The lowest BCUT2D eigenvalue weighted by Crippen LogP contribution is -2.32. The number of hydrogen-bond acceptors (Lipinski definition) is 4. The van der Waals surface area contributed by atoms with Crippen molar-refractivity contribution in [3.63, 3.8) is 0 Å². The van der Waals surface area contributed by atoms with Crippen molar-refractivity contribution in [2.24, 2.45) is 0 Å².